The minimum Gasteiger partial charge on any atom is -0.496 e. The number of hydrogen-bond donors (Lipinski definition) is 1. The second kappa shape index (κ2) is 4.10. The monoisotopic (exact) mass is 220 g/mol. The molecule has 1 saturated carbocycles. The van der Waals surface area contributed by atoms with E-state index in [4.69, 9.17) is 4.74 Å². The van der Waals surface area contributed by atoms with Crippen LogP contribution in [0.4, 0.5) is 0 Å². The van der Waals surface area contributed by atoms with Gasteiger partial charge in [-0.1, -0.05) is 32.0 Å². The summed E-state index contributed by atoms with van der Waals surface area (Å²) >= 11 is 0. The molecule has 1 aliphatic rings. The van der Waals surface area contributed by atoms with Gasteiger partial charge in [-0.3, -0.25) is 0 Å². The van der Waals surface area contributed by atoms with Crippen LogP contribution in [0.2, 0.25) is 0 Å². The minimum atomic E-state index is -0.665. The van der Waals surface area contributed by atoms with Gasteiger partial charge in [-0.25, -0.2) is 0 Å². The third-order valence-electron chi connectivity index (χ3n) is 3.75. The molecule has 1 N–H and O–H groups in total. The largest absolute Gasteiger partial charge is 0.496 e. The zero-order chi connectivity index (χ0) is 11.8. The highest BCUT2D eigenvalue weighted by molar-refractivity contribution is 5.39. The molecule has 1 fully saturated rings. The Labute approximate surface area is 97.3 Å². The van der Waals surface area contributed by atoms with Crippen molar-refractivity contribution in [2.75, 3.05) is 7.11 Å². The van der Waals surface area contributed by atoms with Gasteiger partial charge in [0.1, 0.15) is 5.75 Å². The number of aliphatic hydroxyl groups is 1. The van der Waals surface area contributed by atoms with Crippen LogP contribution in [0, 0.1) is 11.8 Å². The van der Waals surface area contributed by atoms with Gasteiger partial charge in [-0.2, -0.15) is 0 Å². The van der Waals surface area contributed by atoms with Crippen molar-refractivity contribution >= 4 is 0 Å². The fraction of sp³-hybridized carbons (Fsp3) is 0.571. The third-order valence-corrected chi connectivity index (χ3v) is 3.75. The number of hydrogen-bond acceptors (Lipinski definition) is 2. The summed E-state index contributed by atoms with van der Waals surface area (Å²) in [5.74, 6) is 2.08. The second-order valence-electron chi connectivity index (χ2n) is 5.14. The molecule has 0 saturated heterocycles. The third kappa shape index (κ3) is 1.82. The first kappa shape index (κ1) is 11.5. The van der Waals surface area contributed by atoms with Gasteiger partial charge in [0.15, 0.2) is 0 Å². The summed E-state index contributed by atoms with van der Waals surface area (Å²) in [6.45, 7) is 4.43. The molecule has 2 nitrogen and oxygen atoms in total. The number of para-hydroxylation sites is 1. The molecule has 0 atom stereocenters. The highest BCUT2D eigenvalue weighted by atomic mass is 16.5. The van der Waals surface area contributed by atoms with E-state index in [0.717, 1.165) is 24.2 Å². The average Bonchev–Trinajstić information content (AvgIpc) is 2.24. The Hall–Kier alpha value is -1.02. The first-order valence-electron chi connectivity index (χ1n) is 5.92. The highest BCUT2D eigenvalue weighted by Crippen LogP contribution is 2.50. The van der Waals surface area contributed by atoms with Gasteiger partial charge in [0, 0.05) is 5.56 Å². The Morgan fingerprint density at radius 3 is 2.50 bits per heavy atom. The Balaban J connectivity index is 2.19. The summed E-state index contributed by atoms with van der Waals surface area (Å²) in [4.78, 5) is 0. The zero-order valence-electron chi connectivity index (χ0n) is 10.2. The van der Waals surface area contributed by atoms with E-state index in [1.165, 1.54) is 0 Å². The van der Waals surface area contributed by atoms with E-state index in [1.807, 2.05) is 24.3 Å². The summed E-state index contributed by atoms with van der Waals surface area (Å²) < 4.78 is 5.30. The Morgan fingerprint density at radius 2 is 1.94 bits per heavy atom. The van der Waals surface area contributed by atoms with Crippen LogP contribution in [0.5, 0.6) is 5.75 Å². The first-order valence-corrected chi connectivity index (χ1v) is 5.92. The Kier molecular flexibility index (Phi) is 2.94. The Morgan fingerprint density at radius 1 is 1.31 bits per heavy atom. The molecule has 0 aromatic heterocycles. The first-order chi connectivity index (χ1) is 7.57. The standard InChI is InChI=1S/C14H20O2/c1-10(2)11-8-14(15,9-11)12-6-4-5-7-13(12)16-3/h4-7,10-11,15H,8-9H2,1-3H3. The van der Waals surface area contributed by atoms with Crippen molar-refractivity contribution in [2.45, 2.75) is 32.3 Å². The van der Waals surface area contributed by atoms with E-state index in [2.05, 4.69) is 13.8 Å². The van der Waals surface area contributed by atoms with E-state index >= 15 is 0 Å². The molecule has 1 aliphatic carbocycles. The van der Waals surface area contributed by atoms with E-state index in [0.29, 0.717) is 11.8 Å². The fourth-order valence-corrected chi connectivity index (χ4v) is 2.53. The maximum Gasteiger partial charge on any atom is 0.124 e. The van der Waals surface area contributed by atoms with Crippen molar-refractivity contribution in [3.05, 3.63) is 29.8 Å². The summed E-state index contributed by atoms with van der Waals surface area (Å²) in [7, 11) is 1.65. The number of rotatable bonds is 3. The molecule has 2 heteroatoms. The number of methoxy groups -OCH3 is 1. The molecule has 16 heavy (non-hydrogen) atoms. The topological polar surface area (TPSA) is 29.5 Å². The number of ether oxygens (including phenoxy) is 1. The number of benzene rings is 1. The van der Waals surface area contributed by atoms with E-state index in [-0.39, 0.29) is 0 Å². The van der Waals surface area contributed by atoms with Crippen molar-refractivity contribution in [3.63, 3.8) is 0 Å². The van der Waals surface area contributed by atoms with Crippen molar-refractivity contribution in [2.24, 2.45) is 11.8 Å². The second-order valence-corrected chi connectivity index (χ2v) is 5.14. The molecule has 0 spiro atoms. The molecule has 0 unspecified atom stereocenters. The molecule has 1 aromatic rings. The molecule has 0 radical (unpaired) electrons. The molecular weight excluding hydrogens is 200 g/mol. The lowest BCUT2D eigenvalue weighted by Crippen LogP contribution is -2.43. The lowest BCUT2D eigenvalue weighted by molar-refractivity contribution is -0.0945. The van der Waals surface area contributed by atoms with Gasteiger partial charge < -0.3 is 9.84 Å². The van der Waals surface area contributed by atoms with Crippen LogP contribution < -0.4 is 4.74 Å². The molecule has 88 valence electrons. The summed E-state index contributed by atoms with van der Waals surface area (Å²) in [5.41, 5.74) is 0.274. The van der Waals surface area contributed by atoms with E-state index < -0.39 is 5.60 Å². The van der Waals surface area contributed by atoms with Crippen molar-refractivity contribution in [3.8, 4) is 5.75 Å². The van der Waals surface area contributed by atoms with Gasteiger partial charge in [-0.15, -0.1) is 0 Å². The van der Waals surface area contributed by atoms with Crippen molar-refractivity contribution in [1.29, 1.82) is 0 Å². The maximum atomic E-state index is 10.5. The highest BCUT2D eigenvalue weighted by Gasteiger charge is 2.46. The van der Waals surface area contributed by atoms with E-state index in [9.17, 15) is 5.11 Å². The fourth-order valence-electron chi connectivity index (χ4n) is 2.53. The van der Waals surface area contributed by atoms with Gasteiger partial charge in [0.05, 0.1) is 12.7 Å². The molecule has 0 amide bonds. The molecular formula is C14H20O2. The SMILES string of the molecule is COc1ccccc1C1(O)CC(C(C)C)C1. The average molecular weight is 220 g/mol. The van der Waals surface area contributed by atoms with E-state index in [1.54, 1.807) is 7.11 Å². The summed E-state index contributed by atoms with van der Waals surface area (Å²) in [5, 5.41) is 10.5. The summed E-state index contributed by atoms with van der Waals surface area (Å²) in [6.07, 6.45) is 1.70. The van der Waals surface area contributed by atoms with Crippen molar-refractivity contribution in [1.82, 2.24) is 0 Å². The van der Waals surface area contributed by atoms with Crippen LogP contribution in [0.15, 0.2) is 24.3 Å². The van der Waals surface area contributed by atoms with Gasteiger partial charge >= 0.3 is 0 Å². The molecule has 0 aliphatic heterocycles. The molecule has 1 aromatic carbocycles. The van der Waals surface area contributed by atoms with Crippen LogP contribution in [-0.4, -0.2) is 12.2 Å². The zero-order valence-corrected chi connectivity index (χ0v) is 10.2. The Bertz CT molecular complexity index is 365. The molecule has 0 heterocycles. The lowest BCUT2D eigenvalue weighted by Gasteiger charge is -2.46. The lowest BCUT2D eigenvalue weighted by atomic mass is 9.63. The van der Waals surface area contributed by atoms with Crippen LogP contribution >= 0.6 is 0 Å². The van der Waals surface area contributed by atoms with Gasteiger partial charge in [0.25, 0.3) is 0 Å². The van der Waals surface area contributed by atoms with Crippen LogP contribution in [0.25, 0.3) is 0 Å². The van der Waals surface area contributed by atoms with Gasteiger partial charge in [0.2, 0.25) is 0 Å². The van der Waals surface area contributed by atoms with Crippen LogP contribution in [0.1, 0.15) is 32.3 Å². The van der Waals surface area contributed by atoms with Crippen LogP contribution in [0.3, 0.4) is 0 Å². The van der Waals surface area contributed by atoms with Crippen LogP contribution in [-0.2, 0) is 5.60 Å². The smallest absolute Gasteiger partial charge is 0.124 e. The van der Waals surface area contributed by atoms with Crippen molar-refractivity contribution < 1.29 is 9.84 Å². The maximum absolute atomic E-state index is 10.5. The van der Waals surface area contributed by atoms with Gasteiger partial charge in [-0.05, 0) is 30.7 Å². The molecule has 0 bridgehead atoms. The molecule has 2 rings (SSSR count). The normalized spacial score (nSPS) is 28.9. The summed E-state index contributed by atoms with van der Waals surface area (Å²) in [6, 6.07) is 7.77. The quantitative estimate of drug-likeness (QED) is 0.848. The predicted molar refractivity (Wildman–Crippen MR) is 64.5 cm³/mol. The predicted octanol–water partition coefficient (Wildman–Crippen LogP) is 2.95. The minimum absolute atomic E-state index is 0.634.